The second kappa shape index (κ2) is 6.34. The lowest BCUT2D eigenvalue weighted by atomic mass is 10.2. The second-order valence-corrected chi connectivity index (χ2v) is 3.84. The molecular weight excluding hydrogens is 236 g/mol. The maximum atomic E-state index is 5.72. The van der Waals surface area contributed by atoms with Gasteiger partial charge in [0.25, 0.3) is 0 Å². The summed E-state index contributed by atoms with van der Waals surface area (Å²) < 4.78 is 16.3. The molecule has 0 spiro atoms. The molecule has 0 bridgehead atoms. The minimum Gasteiger partial charge on any atom is -0.464 e. The fourth-order valence-corrected chi connectivity index (χ4v) is 1.64. The van der Waals surface area contributed by atoms with Gasteiger partial charge in [-0.3, -0.25) is 0 Å². The van der Waals surface area contributed by atoms with Gasteiger partial charge in [-0.05, 0) is 6.92 Å². The van der Waals surface area contributed by atoms with Crippen LogP contribution in [-0.4, -0.2) is 47.9 Å². The fourth-order valence-electron chi connectivity index (χ4n) is 1.64. The SMILES string of the molecule is CCOc1nc(NC)nc(OC2CCOCC2)n1. The van der Waals surface area contributed by atoms with Gasteiger partial charge in [-0.1, -0.05) is 0 Å². The average Bonchev–Trinajstić information content (AvgIpc) is 2.40. The zero-order valence-corrected chi connectivity index (χ0v) is 10.7. The number of hydrogen-bond donors (Lipinski definition) is 1. The van der Waals surface area contributed by atoms with Gasteiger partial charge in [-0.25, -0.2) is 0 Å². The molecule has 0 radical (unpaired) electrons. The second-order valence-electron chi connectivity index (χ2n) is 3.84. The Labute approximate surface area is 106 Å². The van der Waals surface area contributed by atoms with Crippen molar-refractivity contribution in [2.75, 3.05) is 32.2 Å². The van der Waals surface area contributed by atoms with E-state index in [1.807, 2.05) is 6.92 Å². The molecule has 1 aliphatic heterocycles. The maximum absolute atomic E-state index is 5.72. The number of nitrogens with zero attached hydrogens (tertiary/aromatic N) is 3. The van der Waals surface area contributed by atoms with Crippen LogP contribution in [0.3, 0.4) is 0 Å². The Morgan fingerprint density at radius 1 is 1.22 bits per heavy atom. The van der Waals surface area contributed by atoms with Crippen LogP contribution in [-0.2, 0) is 4.74 Å². The molecule has 1 saturated heterocycles. The molecule has 100 valence electrons. The summed E-state index contributed by atoms with van der Waals surface area (Å²) in [5, 5.41) is 2.86. The number of hydrogen-bond acceptors (Lipinski definition) is 7. The maximum Gasteiger partial charge on any atom is 0.324 e. The van der Waals surface area contributed by atoms with Gasteiger partial charge in [-0.2, -0.15) is 9.97 Å². The summed E-state index contributed by atoms with van der Waals surface area (Å²) in [5.41, 5.74) is 0. The van der Waals surface area contributed by atoms with E-state index in [4.69, 9.17) is 14.2 Å². The molecule has 18 heavy (non-hydrogen) atoms. The van der Waals surface area contributed by atoms with Crippen molar-refractivity contribution in [3.8, 4) is 12.0 Å². The molecule has 2 heterocycles. The Morgan fingerprint density at radius 2 is 1.94 bits per heavy atom. The van der Waals surface area contributed by atoms with Crippen molar-refractivity contribution in [2.45, 2.75) is 25.9 Å². The molecule has 1 aromatic rings. The summed E-state index contributed by atoms with van der Waals surface area (Å²) in [6, 6.07) is 0.573. The van der Waals surface area contributed by atoms with Crippen molar-refractivity contribution >= 4 is 5.95 Å². The largest absolute Gasteiger partial charge is 0.464 e. The normalized spacial score (nSPS) is 16.3. The number of anilines is 1. The Hall–Kier alpha value is -1.63. The van der Waals surface area contributed by atoms with Gasteiger partial charge >= 0.3 is 12.0 Å². The standard InChI is InChI=1S/C11H18N4O3/c1-3-17-10-13-9(12-2)14-11(15-10)18-8-4-6-16-7-5-8/h8H,3-7H2,1-2H3,(H,12,13,14,15). The van der Waals surface area contributed by atoms with Crippen LogP contribution in [0.15, 0.2) is 0 Å². The van der Waals surface area contributed by atoms with Crippen LogP contribution < -0.4 is 14.8 Å². The van der Waals surface area contributed by atoms with Crippen LogP contribution in [0.1, 0.15) is 19.8 Å². The summed E-state index contributed by atoms with van der Waals surface area (Å²) >= 11 is 0. The number of nitrogens with one attached hydrogen (secondary N) is 1. The summed E-state index contributed by atoms with van der Waals surface area (Å²) in [7, 11) is 1.74. The summed E-state index contributed by atoms with van der Waals surface area (Å²) in [6.07, 6.45) is 1.80. The third kappa shape index (κ3) is 3.43. The molecule has 2 rings (SSSR count). The van der Waals surface area contributed by atoms with Crippen LogP contribution >= 0.6 is 0 Å². The van der Waals surface area contributed by atoms with Crippen LogP contribution in [0.5, 0.6) is 12.0 Å². The summed E-state index contributed by atoms with van der Waals surface area (Å²) in [5.74, 6) is 0.440. The van der Waals surface area contributed by atoms with Crippen LogP contribution in [0.4, 0.5) is 5.95 Å². The number of rotatable bonds is 5. The third-order valence-electron chi connectivity index (χ3n) is 2.53. The first-order valence-corrected chi connectivity index (χ1v) is 6.13. The molecule has 0 atom stereocenters. The molecule has 7 nitrogen and oxygen atoms in total. The molecule has 0 saturated carbocycles. The zero-order chi connectivity index (χ0) is 12.8. The fraction of sp³-hybridized carbons (Fsp3) is 0.727. The van der Waals surface area contributed by atoms with Crippen molar-refractivity contribution in [3.63, 3.8) is 0 Å². The van der Waals surface area contributed by atoms with Gasteiger partial charge < -0.3 is 19.5 Å². The van der Waals surface area contributed by atoms with Gasteiger partial charge in [0, 0.05) is 19.9 Å². The Morgan fingerprint density at radius 3 is 2.61 bits per heavy atom. The molecule has 7 heteroatoms. The van der Waals surface area contributed by atoms with Gasteiger partial charge in [0.05, 0.1) is 19.8 Å². The van der Waals surface area contributed by atoms with E-state index >= 15 is 0 Å². The molecule has 0 aliphatic carbocycles. The Kier molecular flexibility index (Phi) is 4.52. The highest BCUT2D eigenvalue weighted by atomic mass is 16.5. The van der Waals surface area contributed by atoms with Crippen LogP contribution in [0, 0.1) is 0 Å². The molecule has 1 fully saturated rings. The molecule has 1 N–H and O–H groups in total. The molecule has 0 aromatic carbocycles. The van der Waals surface area contributed by atoms with E-state index < -0.39 is 0 Å². The molecule has 1 aliphatic rings. The number of aromatic nitrogens is 3. The monoisotopic (exact) mass is 254 g/mol. The topological polar surface area (TPSA) is 78.4 Å². The number of ether oxygens (including phenoxy) is 3. The highest BCUT2D eigenvalue weighted by Gasteiger charge is 2.18. The lowest BCUT2D eigenvalue weighted by Gasteiger charge is -2.22. The first-order valence-electron chi connectivity index (χ1n) is 6.13. The van der Waals surface area contributed by atoms with Crippen LogP contribution in [0.2, 0.25) is 0 Å². The molecule has 0 unspecified atom stereocenters. The highest BCUT2D eigenvalue weighted by molar-refractivity contribution is 5.26. The van der Waals surface area contributed by atoms with E-state index in [0.717, 1.165) is 12.8 Å². The van der Waals surface area contributed by atoms with E-state index in [-0.39, 0.29) is 12.1 Å². The molecule has 0 amide bonds. The molecular formula is C11H18N4O3. The van der Waals surface area contributed by atoms with Crippen LogP contribution in [0.25, 0.3) is 0 Å². The summed E-state index contributed by atoms with van der Waals surface area (Å²) in [6.45, 7) is 3.81. The lowest BCUT2D eigenvalue weighted by Crippen LogP contribution is -2.26. The van der Waals surface area contributed by atoms with Gasteiger partial charge in [0.1, 0.15) is 6.10 Å². The quantitative estimate of drug-likeness (QED) is 0.835. The predicted molar refractivity (Wildman–Crippen MR) is 65.0 cm³/mol. The van der Waals surface area contributed by atoms with E-state index in [9.17, 15) is 0 Å². The minimum atomic E-state index is 0.0975. The average molecular weight is 254 g/mol. The highest BCUT2D eigenvalue weighted by Crippen LogP contribution is 2.17. The van der Waals surface area contributed by atoms with Crippen molar-refractivity contribution in [1.82, 2.24) is 15.0 Å². The van der Waals surface area contributed by atoms with E-state index in [0.29, 0.717) is 31.8 Å². The van der Waals surface area contributed by atoms with Crippen molar-refractivity contribution in [1.29, 1.82) is 0 Å². The van der Waals surface area contributed by atoms with E-state index in [1.54, 1.807) is 7.05 Å². The predicted octanol–water partition coefficient (Wildman–Crippen LogP) is 0.870. The van der Waals surface area contributed by atoms with Gasteiger partial charge in [0.2, 0.25) is 5.95 Å². The van der Waals surface area contributed by atoms with Crippen molar-refractivity contribution < 1.29 is 14.2 Å². The third-order valence-corrected chi connectivity index (χ3v) is 2.53. The Balaban J connectivity index is 2.07. The van der Waals surface area contributed by atoms with E-state index in [2.05, 4.69) is 20.3 Å². The summed E-state index contributed by atoms with van der Waals surface area (Å²) in [4.78, 5) is 12.3. The molecule has 1 aromatic heterocycles. The Bertz CT molecular complexity index is 383. The van der Waals surface area contributed by atoms with Gasteiger partial charge in [-0.15, -0.1) is 4.98 Å². The lowest BCUT2D eigenvalue weighted by molar-refractivity contribution is 0.0213. The smallest absolute Gasteiger partial charge is 0.324 e. The van der Waals surface area contributed by atoms with Crippen molar-refractivity contribution in [2.24, 2.45) is 0 Å². The van der Waals surface area contributed by atoms with Gasteiger partial charge in [0.15, 0.2) is 0 Å². The van der Waals surface area contributed by atoms with Crippen molar-refractivity contribution in [3.05, 3.63) is 0 Å². The van der Waals surface area contributed by atoms with E-state index in [1.165, 1.54) is 0 Å². The zero-order valence-electron chi connectivity index (χ0n) is 10.7. The first-order chi connectivity index (χ1) is 8.81. The minimum absolute atomic E-state index is 0.0975. The first kappa shape index (κ1) is 12.8.